The van der Waals surface area contributed by atoms with Crippen molar-refractivity contribution in [2.75, 3.05) is 45.4 Å². The van der Waals surface area contributed by atoms with Crippen LogP contribution < -0.4 is 9.64 Å². The molecule has 1 fully saturated rings. The van der Waals surface area contributed by atoms with E-state index in [2.05, 4.69) is 24.8 Å². The highest BCUT2D eigenvalue weighted by molar-refractivity contribution is 5.83. The highest BCUT2D eigenvalue weighted by atomic mass is 16.5. The number of hydrogen-bond acceptors (Lipinski definition) is 9. The molecule has 10 nitrogen and oxygen atoms in total. The van der Waals surface area contributed by atoms with Crippen LogP contribution in [0.25, 0.3) is 11.2 Å². The van der Waals surface area contributed by atoms with Gasteiger partial charge in [-0.15, -0.1) is 0 Å². The molecule has 1 aliphatic rings. The molecule has 0 N–H and O–H groups in total. The van der Waals surface area contributed by atoms with Gasteiger partial charge in [0.2, 0.25) is 0 Å². The fourth-order valence-electron chi connectivity index (χ4n) is 3.24. The van der Waals surface area contributed by atoms with Gasteiger partial charge in [-0.05, 0) is 7.05 Å². The summed E-state index contributed by atoms with van der Waals surface area (Å²) in [5.41, 5.74) is 2.67. The van der Waals surface area contributed by atoms with Gasteiger partial charge < -0.3 is 18.9 Å². The molecule has 0 aliphatic carbocycles. The van der Waals surface area contributed by atoms with E-state index in [1.54, 1.807) is 25.8 Å². The summed E-state index contributed by atoms with van der Waals surface area (Å²) in [6.45, 7) is 4.30. The number of morpholine rings is 1. The van der Waals surface area contributed by atoms with Crippen molar-refractivity contribution in [3.63, 3.8) is 0 Å². The molecule has 0 saturated carbocycles. The summed E-state index contributed by atoms with van der Waals surface area (Å²) in [7, 11) is 5.53. The van der Waals surface area contributed by atoms with Crippen molar-refractivity contribution in [3.05, 3.63) is 30.1 Å². The molecule has 4 rings (SSSR count). The normalized spacial score (nSPS) is 14.8. The first-order chi connectivity index (χ1) is 13.6. The molecule has 10 heteroatoms. The predicted octanol–water partition coefficient (Wildman–Crippen LogP) is 0.631. The summed E-state index contributed by atoms with van der Waals surface area (Å²) in [5, 5.41) is 0. The van der Waals surface area contributed by atoms with Crippen LogP contribution >= 0.6 is 0 Å². The number of imidazole rings is 1. The fourth-order valence-corrected chi connectivity index (χ4v) is 3.24. The second-order valence-electron chi connectivity index (χ2n) is 6.84. The Labute approximate surface area is 163 Å². The molecule has 0 atom stereocenters. The van der Waals surface area contributed by atoms with Crippen LogP contribution in [0.15, 0.2) is 18.7 Å². The van der Waals surface area contributed by atoms with Crippen molar-refractivity contribution in [1.29, 1.82) is 0 Å². The van der Waals surface area contributed by atoms with Gasteiger partial charge in [0.05, 0.1) is 33.2 Å². The van der Waals surface area contributed by atoms with Gasteiger partial charge in [0, 0.05) is 44.6 Å². The summed E-state index contributed by atoms with van der Waals surface area (Å²) < 4.78 is 12.4. The summed E-state index contributed by atoms with van der Waals surface area (Å²) in [6, 6.07) is 0.367. The molecule has 0 radical (unpaired) electrons. The van der Waals surface area contributed by atoms with E-state index < -0.39 is 0 Å². The number of methoxy groups -OCH3 is 1. The SMILES string of the molecule is COc1ncc(CN(C)Cc2nc(N3CCOCC3)c3ncn(C)c3n2)cn1. The maximum Gasteiger partial charge on any atom is 0.316 e. The van der Waals surface area contributed by atoms with Crippen LogP contribution in [0.3, 0.4) is 0 Å². The Hall–Kier alpha value is -2.85. The number of anilines is 1. The Balaban J connectivity index is 1.56. The van der Waals surface area contributed by atoms with Gasteiger partial charge in [-0.2, -0.15) is 0 Å². The lowest BCUT2D eigenvalue weighted by atomic mass is 10.3. The van der Waals surface area contributed by atoms with Crippen molar-refractivity contribution in [3.8, 4) is 6.01 Å². The minimum Gasteiger partial charge on any atom is -0.467 e. The molecule has 0 bridgehead atoms. The molecule has 3 aromatic heterocycles. The van der Waals surface area contributed by atoms with E-state index in [1.807, 2.05) is 18.7 Å². The van der Waals surface area contributed by atoms with E-state index in [-0.39, 0.29) is 0 Å². The molecule has 0 aromatic carbocycles. The Kier molecular flexibility index (Phi) is 5.31. The van der Waals surface area contributed by atoms with Crippen molar-refractivity contribution in [2.45, 2.75) is 13.1 Å². The van der Waals surface area contributed by atoms with E-state index in [0.717, 1.165) is 41.5 Å². The third-order valence-corrected chi connectivity index (χ3v) is 4.63. The maximum atomic E-state index is 5.48. The fraction of sp³-hybridized carbons (Fsp3) is 0.500. The van der Waals surface area contributed by atoms with E-state index in [4.69, 9.17) is 19.4 Å². The summed E-state index contributed by atoms with van der Waals surface area (Å²) in [6.07, 6.45) is 5.32. The summed E-state index contributed by atoms with van der Waals surface area (Å²) in [4.78, 5) is 26.8. The van der Waals surface area contributed by atoms with Crippen LogP contribution in [0.4, 0.5) is 5.82 Å². The Morgan fingerprint density at radius 3 is 2.57 bits per heavy atom. The average Bonchev–Trinajstić information content (AvgIpc) is 3.09. The van der Waals surface area contributed by atoms with Crippen molar-refractivity contribution in [2.24, 2.45) is 7.05 Å². The molecule has 1 saturated heterocycles. The number of hydrogen-bond donors (Lipinski definition) is 0. The zero-order valence-corrected chi connectivity index (χ0v) is 16.4. The monoisotopic (exact) mass is 384 g/mol. The number of fused-ring (bicyclic) bond motifs is 1. The highest BCUT2D eigenvalue weighted by Gasteiger charge is 2.20. The van der Waals surface area contributed by atoms with Crippen LogP contribution in [0.5, 0.6) is 6.01 Å². The first-order valence-electron chi connectivity index (χ1n) is 9.18. The highest BCUT2D eigenvalue weighted by Crippen LogP contribution is 2.23. The minimum atomic E-state index is 0.367. The molecular formula is C18H24N8O2. The predicted molar refractivity (Wildman–Crippen MR) is 103 cm³/mol. The topological polar surface area (TPSA) is 94.3 Å². The first kappa shape index (κ1) is 18.5. The molecule has 0 spiro atoms. The van der Waals surface area contributed by atoms with E-state index in [1.165, 1.54) is 0 Å². The van der Waals surface area contributed by atoms with Crippen LogP contribution in [-0.4, -0.2) is 74.8 Å². The Bertz CT molecular complexity index is 937. The molecule has 1 aliphatic heterocycles. The molecule has 4 heterocycles. The van der Waals surface area contributed by atoms with Crippen molar-refractivity contribution in [1.82, 2.24) is 34.4 Å². The number of aryl methyl sites for hydroxylation is 1. The van der Waals surface area contributed by atoms with Crippen LogP contribution in [0.2, 0.25) is 0 Å². The smallest absolute Gasteiger partial charge is 0.316 e. The average molecular weight is 384 g/mol. The van der Waals surface area contributed by atoms with Gasteiger partial charge in [-0.1, -0.05) is 0 Å². The van der Waals surface area contributed by atoms with Gasteiger partial charge in [-0.3, -0.25) is 4.90 Å². The zero-order valence-electron chi connectivity index (χ0n) is 16.4. The van der Waals surface area contributed by atoms with Crippen molar-refractivity contribution >= 4 is 17.0 Å². The number of ether oxygens (including phenoxy) is 2. The second-order valence-corrected chi connectivity index (χ2v) is 6.84. The molecule has 148 valence electrons. The first-order valence-corrected chi connectivity index (χ1v) is 9.18. The van der Waals surface area contributed by atoms with Crippen molar-refractivity contribution < 1.29 is 9.47 Å². The van der Waals surface area contributed by atoms with E-state index in [9.17, 15) is 0 Å². The van der Waals surface area contributed by atoms with Crippen LogP contribution in [0.1, 0.15) is 11.4 Å². The molecular weight excluding hydrogens is 360 g/mol. The third kappa shape index (κ3) is 3.87. The lowest BCUT2D eigenvalue weighted by molar-refractivity contribution is 0.122. The third-order valence-electron chi connectivity index (χ3n) is 4.63. The number of aromatic nitrogens is 6. The standard InChI is InChI=1S/C18H24N8O2/c1-24(10-13-8-19-18(27-3)20-9-13)11-14-22-16-15(21-12-25(16)2)17(23-14)26-4-6-28-7-5-26/h8-9,12H,4-7,10-11H2,1-3H3. The van der Waals surface area contributed by atoms with Gasteiger partial charge in [0.15, 0.2) is 17.0 Å². The van der Waals surface area contributed by atoms with Gasteiger partial charge in [0.25, 0.3) is 0 Å². The van der Waals surface area contributed by atoms with Gasteiger partial charge in [-0.25, -0.2) is 24.9 Å². The molecule has 0 amide bonds. The number of nitrogens with zero attached hydrogens (tertiary/aromatic N) is 8. The van der Waals surface area contributed by atoms with Crippen LogP contribution in [-0.2, 0) is 24.9 Å². The second kappa shape index (κ2) is 8.03. The van der Waals surface area contributed by atoms with Crippen LogP contribution in [0, 0.1) is 0 Å². The lowest BCUT2D eigenvalue weighted by Crippen LogP contribution is -2.37. The Morgan fingerprint density at radius 1 is 1.11 bits per heavy atom. The maximum absolute atomic E-state index is 5.48. The quantitative estimate of drug-likeness (QED) is 0.606. The van der Waals surface area contributed by atoms with Gasteiger partial charge >= 0.3 is 6.01 Å². The van der Waals surface area contributed by atoms with E-state index in [0.29, 0.717) is 32.3 Å². The minimum absolute atomic E-state index is 0.367. The molecule has 0 unspecified atom stereocenters. The molecule has 3 aromatic rings. The van der Waals surface area contributed by atoms with E-state index >= 15 is 0 Å². The lowest BCUT2D eigenvalue weighted by Gasteiger charge is -2.28. The molecule has 28 heavy (non-hydrogen) atoms. The summed E-state index contributed by atoms with van der Waals surface area (Å²) >= 11 is 0. The Morgan fingerprint density at radius 2 is 1.86 bits per heavy atom. The zero-order chi connectivity index (χ0) is 19.5. The largest absolute Gasteiger partial charge is 0.467 e. The number of rotatable bonds is 6. The van der Waals surface area contributed by atoms with Gasteiger partial charge in [0.1, 0.15) is 5.82 Å². The summed E-state index contributed by atoms with van der Waals surface area (Å²) in [5.74, 6) is 1.64.